The second kappa shape index (κ2) is 12.3. The predicted octanol–water partition coefficient (Wildman–Crippen LogP) is 4.93. The lowest BCUT2D eigenvalue weighted by atomic mass is 10.0. The normalized spacial score (nSPS) is 16.2. The summed E-state index contributed by atoms with van der Waals surface area (Å²) in [4.78, 5) is 12.0. The number of anilines is 1. The lowest BCUT2D eigenvalue weighted by molar-refractivity contribution is -0.0746. The topological polar surface area (TPSA) is 79.2 Å². The summed E-state index contributed by atoms with van der Waals surface area (Å²) >= 11 is 0. The average molecular weight is 455 g/mol. The van der Waals surface area contributed by atoms with Crippen LogP contribution in [0.25, 0.3) is 5.70 Å². The van der Waals surface area contributed by atoms with Gasteiger partial charge in [0.25, 0.3) is 5.91 Å². The summed E-state index contributed by atoms with van der Waals surface area (Å²) in [6.45, 7) is 16.0. The quantitative estimate of drug-likeness (QED) is 0.487. The zero-order valence-electron chi connectivity index (χ0n) is 19.1. The van der Waals surface area contributed by atoms with Crippen LogP contribution in [0.15, 0.2) is 48.6 Å². The molecule has 0 bridgehead atoms. The molecule has 0 saturated heterocycles. The lowest BCUT2D eigenvalue weighted by Gasteiger charge is -2.26. The van der Waals surface area contributed by atoms with Crippen molar-refractivity contribution < 1.29 is 23.1 Å². The molecular formula is C23H33F3N4O2. The summed E-state index contributed by atoms with van der Waals surface area (Å²) in [5.41, 5.74) is 0.136. The van der Waals surface area contributed by atoms with E-state index in [0.717, 1.165) is 18.1 Å². The minimum atomic E-state index is -4.63. The Balaban J connectivity index is 0.000000751. The average Bonchev–Trinajstić information content (AvgIpc) is 3.18. The molecule has 1 aliphatic rings. The summed E-state index contributed by atoms with van der Waals surface area (Å²) in [6.07, 6.45) is 1.43. The zero-order valence-corrected chi connectivity index (χ0v) is 19.1. The number of hydrogen-bond acceptors (Lipinski definition) is 4. The van der Waals surface area contributed by atoms with E-state index in [0.29, 0.717) is 35.7 Å². The van der Waals surface area contributed by atoms with Gasteiger partial charge in [-0.25, -0.2) is 4.68 Å². The molecule has 0 saturated carbocycles. The number of halogens is 3. The first-order valence-corrected chi connectivity index (χ1v) is 10.5. The second-order valence-electron chi connectivity index (χ2n) is 7.70. The van der Waals surface area contributed by atoms with Gasteiger partial charge in [-0.05, 0) is 30.9 Å². The molecule has 0 aromatic carbocycles. The molecule has 2 rings (SSSR count). The number of nitrogens with one attached hydrogen (secondary N) is 2. The van der Waals surface area contributed by atoms with E-state index >= 15 is 0 Å². The number of nitrogens with zero attached hydrogens (tertiary/aromatic N) is 2. The van der Waals surface area contributed by atoms with Gasteiger partial charge in [0, 0.05) is 19.2 Å². The number of rotatable bonds is 8. The van der Waals surface area contributed by atoms with Gasteiger partial charge in [0.2, 0.25) is 0 Å². The Hall–Kier alpha value is -2.81. The molecule has 1 aromatic rings. The van der Waals surface area contributed by atoms with E-state index in [1.807, 2.05) is 13.8 Å². The van der Waals surface area contributed by atoms with Gasteiger partial charge in [0.05, 0.1) is 6.04 Å². The molecule has 2 heterocycles. The molecule has 178 valence electrons. The smallest absolute Gasteiger partial charge is 0.396 e. The number of carbonyl (C=O) groups excluding carboxylic acids is 1. The van der Waals surface area contributed by atoms with Gasteiger partial charge in [-0.2, -0.15) is 18.3 Å². The third-order valence-corrected chi connectivity index (χ3v) is 4.61. The largest absolute Gasteiger partial charge is 0.433 e. The van der Waals surface area contributed by atoms with Gasteiger partial charge in [0.15, 0.2) is 5.69 Å². The van der Waals surface area contributed by atoms with Crippen molar-refractivity contribution in [2.75, 3.05) is 18.5 Å². The third-order valence-electron chi connectivity index (χ3n) is 4.61. The number of alkyl halides is 3. The molecule has 3 N–H and O–H groups in total. The Morgan fingerprint density at radius 1 is 1.38 bits per heavy atom. The van der Waals surface area contributed by atoms with Crippen molar-refractivity contribution in [2.45, 2.75) is 52.8 Å². The zero-order chi connectivity index (χ0) is 24.5. The highest BCUT2D eigenvalue weighted by molar-refractivity contribution is 5.93. The van der Waals surface area contributed by atoms with E-state index in [9.17, 15) is 18.0 Å². The standard InChI is InChI=1S/C18H21F3N4O.C5H12O/c1-5-8-22-17(26)14-10-16-23-13(12(4)7-6-11(2)3)9-15(18(19,20)21)25(16)24-14;1-3-5(2)4-6/h6-7,9-10,13,23H,2,4-5,8H2,1,3H3,(H,22,26);5-6H,3-4H2,1-2H3/b7-6-;. The van der Waals surface area contributed by atoms with Gasteiger partial charge in [0.1, 0.15) is 11.5 Å². The van der Waals surface area contributed by atoms with Gasteiger partial charge in [-0.15, -0.1) is 0 Å². The highest BCUT2D eigenvalue weighted by Crippen LogP contribution is 2.36. The Morgan fingerprint density at radius 2 is 2.03 bits per heavy atom. The molecule has 0 aliphatic carbocycles. The summed E-state index contributed by atoms with van der Waals surface area (Å²) in [6, 6.07) is 0.518. The minimum Gasteiger partial charge on any atom is -0.396 e. The molecular weight excluding hydrogens is 421 g/mol. The molecule has 0 spiro atoms. The van der Waals surface area contributed by atoms with Gasteiger partial charge in [-0.1, -0.05) is 58.1 Å². The fourth-order valence-electron chi connectivity index (χ4n) is 2.43. The fraction of sp³-hybridized carbons (Fsp3) is 0.478. The molecule has 2 atom stereocenters. The van der Waals surface area contributed by atoms with Gasteiger partial charge >= 0.3 is 6.18 Å². The minimum absolute atomic E-state index is 0.0800. The van der Waals surface area contributed by atoms with Gasteiger partial charge < -0.3 is 15.7 Å². The number of allylic oxidation sites excluding steroid dienone is 3. The summed E-state index contributed by atoms with van der Waals surface area (Å²) in [5.74, 6) is 0.0518. The maximum atomic E-state index is 13.5. The van der Waals surface area contributed by atoms with Crippen LogP contribution in [-0.4, -0.2) is 46.2 Å². The fourth-order valence-corrected chi connectivity index (χ4v) is 2.43. The molecule has 0 fully saturated rings. The first kappa shape index (κ1) is 27.2. The van der Waals surface area contributed by atoms with Crippen LogP contribution in [0.3, 0.4) is 0 Å². The first-order valence-electron chi connectivity index (χ1n) is 10.5. The molecule has 32 heavy (non-hydrogen) atoms. The highest BCUT2D eigenvalue weighted by atomic mass is 19.4. The number of amides is 1. The van der Waals surface area contributed by atoms with Crippen LogP contribution in [0.5, 0.6) is 0 Å². The maximum absolute atomic E-state index is 13.5. The molecule has 2 unspecified atom stereocenters. The number of aromatic nitrogens is 2. The van der Waals surface area contributed by atoms with E-state index in [-0.39, 0.29) is 11.5 Å². The van der Waals surface area contributed by atoms with Crippen molar-refractivity contribution in [1.82, 2.24) is 15.1 Å². The number of carbonyl (C=O) groups is 1. The number of aliphatic hydroxyl groups is 1. The van der Waals surface area contributed by atoms with Crippen molar-refractivity contribution in [3.8, 4) is 0 Å². The Bertz CT molecular complexity index is 865. The third kappa shape index (κ3) is 8.03. The number of aliphatic hydroxyl groups excluding tert-OH is 1. The lowest BCUT2D eigenvalue weighted by Crippen LogP contribution is -2.31. The Labute approximate surface area is 187 Å². The molecule has 1 aliphatic heterocycles. The van der Waals surface area contributed by atoms with Crippen LogP contribution in [0, 0.1) is 5.92 Å². The van der Waals surface area contributed by atoms with E-state index in [1.165, 1.54) is 6.07 Å². The molecule has 9 heteroatoms. The number of fused-ring (bicyclic) bond motifs is 1. The van der Waals surface area contributed by atoms with Crippen LogP contribution in [0.4, 0.5) is 19.0 Å². The SMILES string of the molecule is C=C(C)/C=C\C(=C)C1C=C(C(F)(F)F)n2nc(C(=O)NCCC)cc2N1.CCC(C)CO. The van der Waals surface area contributed by atoms with Crippen molar-refractivity contribution in [1.29, 1.82) is 0 Å². The molecule has 6 nitrogen and oxygen atoms in total. The Kier molecular flexibility index (Phi) is 10.5. The van der Waals surface area contributed by atoms with E-state index < -0.39 is 23.8 Å². The Morgan fingerprint density at radius 3 is 2.50 bits per heavy atom. The number of hydrogen-bond donors (Lipinski definition) is 3. The highest BCUT2D eigenvalue weighted by Gasteiger charge is 2.40. The monoisotopic (exact) mass is 454 g/mol. The van der Waals surface area contributed by atoms with Crippen molar-refractivity contribution in [3.05, 3.63) is 54.3 Å². The first-order chi connectivity index (χ1) is 14.9. The van der Waals surface area contributed by atoms with Crippen LogP contribution >= 0.6 is 0 Å². The van der Waals surface area contributed by atoms with E-state index in [4.69, 9.17) is 5.11 Å². The van der Waals surface area contributed by atoms with E-state index in [1.54, 1.807) is 19.1 Å². The van der Waals surface area contributed by atoms with E-state index in [2.05, 4.69) is 35.8 Å². The van der Waals surface area contributed by atoms with Crippen LogP contribution in [-0.2, 0) is 0 Å². The van der Waals surface area contributed by atoms with Crippen molar-refractivity contribution >= 4 is 17.4 Å². The summed E-state index contributed by atoms with van der Waals surface area (Å²) < 4.78 is 41.1. The van der Waals surface area contributed by atoms with Crippen molar-refractivity contribution in [3.63, 3.8) is 0 Å². The van der Waals surface area contributed by atoms with Gasteiger partial charge in [-0.3, -0.25) is 4.79 Å². The van der Waals surface area contributed by atoms with Crippen LogP contribution in [0.2, 0.25) is 0 Å². The molecule has 0 radical (unpaired) electrons. The predicted molar refractivity (Wildman–Crippen MR) is 122 cm³/mol. The second-order valence-corrected chi connectivity index (χ2v) is 7.70. The molecule has 1 amide bonds. The van der Waals surface area contributed by atoms with Crippen LogP contribution < -0.4 is 10.6 Å². The molecule has 1 aromatic heterocycles. The maximum Gasteiger partial charge on any atom is 0.433 e. The van der Waals surface area contributed by atoms with Crippen molar-refractivity contribution in [2.24, 2.45) is 5.92 Å². The summed E-state index contributed by atoms with van der Waals surface area (Å²) in [5, 5.41) is 17.7. The van der Waals surface area contributed by atoms with Crippen LogP contribution in [0.1, 0.15) is 51.0 Å². The summed E-state index contributed by atoms with van der Waals surface area (Å²) in [7, 11) is 0.